The van der Waals surface area contributed by atoms with E-state index in [-0.39, 0.29) is 17.2 Å². The number of thioether (sulfide) groups is 1. The van der Waals surface area contributed by atoms with E-state index in [2.05, 4.69) is 26.1 Å². The SMILES string of the molecule is CCCCCSc1nc2n(n1)[C@@H](c1ccccc1OCC)C1=C(CC(C)(C)CC1=O)N2. The van der Waals surface area contributed by atoms with Gasteiger partial charge in [-0.3, -0.25) is 4.79 Å². The zero-order valence-corrected chi connectivity index (χ0v) is 19.7. The number of carbonyl (C=O) groups is 1. The van der Waals surface area contributed by atoms with E-state index in [1.807, 2.05) is 35.9 Å². The molecule has 1 aliphatic carbocycles. The predicted molar refractivity (Wildman–Crippen MR) is 125 cm³/mol. The Labute approximate surface area is 188 Å². The number of nitrogens with one attached hydrogen (secondary N) is 1. The van der Waals surface area contributed by atoms with Crippen LogP contribution in [-0.2, 0) is 4.79 Å². The molecule has 0 unspecified atom stereocenters. The summed E-state index contributed by atoms with van der Waals surface area (Å²) in [6.45, 7) is 9.04. The van der Waals surface area contributed by atoms with Gasteiger partial charge >= 0.3 is 0 Å². The lowest BCUT2D eigenvalue weighted by molar-refractivity contribution is -0.118. The number of nitrogens with zero attached hydrogens (tertiary/aromatic N) is 3. The summed E-state index contributed by atoms with van der Waals surface area (Å²) in [4.78, 5) is 18.1. The van der Waals surface area contributed by atoms with Crippen LogP contribution in [0.15, 0.2) is 40.7 Å². The average molecular weight is 441 g/mol. The number of anilines is 1. The van der Waals surface area contributed by atoms with Gasteiger partial charge in [-0.1, -0.05) is 63.6 Å². The molecular formula is C24H32N4O2S. The number of rotatable bonds is 8. The third-order valence-corrected chi connectivity index (χ3v) is 6.73. The second kappa shape index (κ2) is 9.07. The number of ether oxygens (including phenoxy) is 1. The third-order valence-electron chi connectivity index (χ3n) is 5.80. The van der Waals surface area contributed by atoms with E-state index < -0.39 is 0 Å². The molecule has 4 rings (SSSR count). The summed E-state index contributed by atoms with van der Waals surface area (Å²) in [6.07, 6.45) is 4.90. The van der Waals surface area contributed by atoms with Crippen molar-refractivity contribution in [2.24, 2.45) is 5.41 Å². The van der Waals surface area contributed by atoms with Crippen LogP contribution in [0.5, 0.6) is 5.75 Å². The number of ketones is 1. The Morgan fingerprint density at radius 1 is 1.23 bits per heavy atom. The fourth-order valence-electron chi connectivity index (χ4n) is 4.45. The first kappa shape index (κ1) is 21.9. The number of Topliss-reactive ketones (excluding diaryl/α,β-unsaturated/α-hetero) is 1. The fraction of sp³-hybridized carbons (Fsp3) is 0.542. The number of para-hydroxylation sites is 1. The highest BCUT2D eigenvalue weighted by atomic mass is 32.2. The summed E-state index contributed by atoms with van der Waals surface area (Å²) < 4.78 is 7.82. The molecule has 31 heavy (non-hydrogen) atoms. The molecule has 0 fully saturated rings. The first-order chi connectivity index (χ1) is 14.9. The molecule has 1 aliphatic heterocycles. The molecule has 0 radical (unpaired) electrons. The van der Waals surface area contributed by atoms with Gasteiger partial charge in [0, 0.05) is 29.0 Å². The molecule has 2 aliphatic rings. The molecular weight excluding hydrogens is 408 g/mol. The van der Waals surface area contributed by atoms with Crippen molar-refractivity contribution in [2.45, 2.75) is 71.0 Å². The van der Waals surface area contributed by atoms with Crippen molar-refractivity contribution in [2.75, 3.05) is 17.7 Å². The predicted octanol–water partition coefficient (Wildman–Crippen LogP) is 5.62. The minimum atomic E-state index is -0.324. The summed E-state index contributed by atoms with van der Waals surface area (Å²) in [7, 11) is 0. The van der Waals surface area contributed by atoms with Gasteiger partial charge in [-0.25, -0.2) is 4.68 Å². The van der Waals surface area contributed by atoms with Crippen molar-refractivity contribution in [3.8, 4) is 5.75 Å². The van der Waals surface area contributed by atoms with Gasteiger partial charge in [0.15, 0.2) is 5.78 Å². The van der Waals surface area contributed by atoms with Crippen LogP contribution in [-0.4, -0.2) is 32.9 Å². The lowest BCUT2D eigenvalue weighted by Gasteiger charge is -2.38. The molecule has 2 heterocycles. The maximum atomic E-state index is 13.4. The van der Waals surface area contributed by atoms with Crippen molar-refractivity contribution in [3.63, 3.8) is 0 Å². The van der Waals surface area contributed by atoms with Crippen LogP contribution in [0.25, 0.3) is 0 Å². The Morgan fingerprint density at radius 2 is 2.03 bits per heavy atom. The number of allylic oxidation sites excluding steroid dienone is 2. The number of fused-ring (bicyclic) bond motifs is 1. The van der Waals surface area contributed by atoms with Crippen LogP contribution >= 0.6 is 11.8 Å². The van der Waals surface area contributed by atoms with E-state index in [4.69, 9.17) is 14.8 Å². The number of hydrogen-bond acceptors (Lipinski definition) is 6. The smallest absolute Gasteiger partial charge is 0.227 e. The zero-order valence-electron chi connectivity index (χ0n) is 18.9. The van der Waals surface area contributed by atoms with E-state index in [0.717, 1.165) is 46.3 Å². The maximum Gasteiger partial charge on any atom is 0.227 e. The second-order valence-electron chi connectivity index (χ2n) is 9.05. The van der Waals surface area contributed by atoms with Crippen molar-refractivity contribution in [1.82, 2.24) is 14.8 Å². The standard InChI is InChI=1S/C24H32N4O2S/c1-5-7-10-13-31-23-26-22-25-17-14-24(3,4)15-18(29)20(17)21(28(22)27-23)16-11-8-9-12-19(16)30-6-2/h8-9,11-12,21H,5-7,10,13-15H2,1-4H3,(H,25,26,27)/t21-/m0/s1. The average Bonchev–Trinajstić information content (AvgIpc) is 3.12. The molecule has 0 amide bonds. The van der Waals surface area contributed by atoms with Gasteiger partial charge in [0.1, 0.15) is 11.8 Å². The van der Waals surface area contributed by atoms with Crippen LogP contribution in [0.4, 0.5) is 5.95 Å². The van der Waals surface area contributed by atoms with Gasteiger partial charge in [-0.2, -0.15) is 4.98 Å². The fourth-order valence-corrected chi connectivity index (χ4v) is 5.27. The maximum absolute atomic E-state index is 13.4. The molecule has 1 aromatic carbocycles. The topological polar surface area (TPSA) is 69.0 Å². The molecule has 2 aromatic rings. The minimum absolute atomic E-state index is 0.0766. The van der Waals surface area contributed by atoms with Gasteiger partial charge in [0.05, 0.1) is 6.61 Å². The number of aromatic nitrogens is 3. The highest BCUT2D eigenvalue weighted by Gasteiger charge is 2.42. The molecule has 0 saturated heterocycles. The van der Waals surface area contributed by atoms with Crippen LogP contribution in [0.3, 0.4) is 0 Å². The van der Waals surface area contributed by atoms with Gasteiger partial charge in [0.2, 0.25) is 11.1 Å². The van der Waals surface area contributed by atoms with Crippen molar-refractivity contribution in [1.29, 1.82) is 0 Å². The molecule has 0 spiro atoms. The van der Waals surface area contributed by atoms with Crippen molar-refractivity contribution in [3.05, 3.63) is 41.1 Å². The molecule has 1 atom stereocenters. The van der Waals surface area contributed by atoms with Crippen molar-refractivity contribution >= 4 is 23.5 Å². The van der Waals surface area contributed by atoms with E-state index >= 15 is 0 Å². The Morgan fingerprint density at radius 3 is 2.81 bits per heavy atom. The molecule has 0 saturated carbocycles. The Kier molecular flexibility index (Phi) is 6.42. The number of unbranched alkanes of at least 4 members (excludes halogenated alkanes) is 2. The third kappa shape index (κ3) is 4.52. The molecule has 6 nitrogen and oxygen atoms in total. The first-order valence-electron chi connectivity index (χ1n) is 11.3. The molecule has 166 valence electrons. The van der Waals surface area contributed by atoms with Gasteiger partial charge in [-0.15, -0.1) is 5.10 Å². The summed E-state index contributed by atoms with van der Waals surface area (Å²) in [5.74, 6) is 2.67. The largest absolute Gasteiger partial charge is 0.494 e. The summed E-state index contributed by atoms with van der Waals surface area (Å²) >= 11 is 1.68. The molecule has 7 heteroatoms. The Bertz CT molecular complexity index is 995. The zero-order chi connectivity index (χ0) is 22.0. The van der Waals surface area contributed by atoms with Gasteiger partial charge in [-0.05, 0) is 31.2 Å². The molecule has 1 aromatic heterocycles. The van der Waals surface area contributed by atoms with E-state index in [1.54, 1.807) is 11.8 Å². The van der Waals surface area contributed by atoms with Gasteiger partial charge < -0.3 is 10.1 Å². The van der Waals surface area contributed by atoms with Gasteiger partial charge in [0.25, 0.3) is 0 Å². The van der Waals surface area contributed by atoms with Crippen LogP contribution < -0.4 is 10.1 Å². The number of hydrogen-bond donors (Lipinski definition) is 1. The molecule has 1 N–H and O–H groups in total. The highest BCUT2D eigenvalue weighted by molar-refractivity contribution is 7.99. The Hall–Kier alpha value is -2.28. The summed E-state index contributed by atoms with van der Waals surface area (Å²) in [5, 5.41) is 9.04. The lowest BCUT2D eigenvalue weighted by Crippen LogP contribution is -2.36. The van der Waals surface area contributed by atoms with Crippen LogP contribution in [0, 0.1) is 5.41 Å². The minimum Gasteiger partial charge on any atom is -0.494 e. The summed E-state index contributed by atoms with van der Waals surface area (Å²) in [6, 6.07) is 7.64. The highest BCUT2D eigenvalue weighted by Crippen LogP contribution is 2.47. The Balaban J connectivity index is 1.77. The van der Waals surface area contributed by atoms with E-state index in [0.29, 0.717) is 19.0 Å². The monoisotopic (exact) mass is 440 g/mol. The van der Waals surface area contributed by atoms with Crippen molar-refractivity contribution < 1.29 is 9.53 Å². The first-order valence-corrected chi connectivity index (χ1v) is 12.3. The van der Waals surface area contributed by atoms with E-state index in [9.17, 15) is 4.79 Å². The van der Waals surface area contributed by atoms with Crippen LogP contribution in [0.1, 0.15) is 71.4 Å². The summed E-state index contributed by atoms with van der Waals surface area (Å²) in [5.41, 5.74) is 2.65. The quantitative estimate of drug-likeness (QED) is 0.425. The normalized spacial score (nSPS) is 19.6. The second-order valence-corrected chi connectivity index (χ2v) is 10.1. The van der Waals surface area contributed by atoms with E-state index in [1.165, 1.54) is 12.8 Å². The lowest BCUT2D eigenvalue weighted by atomic mass is 9.73. The van der Waals surface area contributed by atoms with Crippen LogP contribution in [0.2, 0.25) is 0 Å². The number of benzene rings is 1. The number of carbonyl (C=O) groups excluding carboxylic acids is 1. The molecule has 0 bridgehead atoms.